The number of benzene rings is 2. The molecular weight excluding hydrogens is 630 g/mol. The summed E-state index contributed by atoms with van der Waals surface area (Å²) in [7, 11) is 2.92. The van der Waals surface area contributed by atoms with Crippen LogP contribution in [-0.4, -0.2) is 125 Å². The zero-order valence-corrected chi connectivity index (χ0v) is 27.1. The van der Waals surface area contributed by atoms with Gasteiger partial charge < -0.3 is 48.8 Å². The molecule has 0 saturated carbocycles. The normalized spacial score (nSPS) is 35.2. The predicted molar refractivity (Wildman–Crippen MR) is 163 cm³/mol. The number of phenols is 2. The molecule has 0 bridgehead atoms. The van der Waals surface area contributed by atoms with Crippen molar-refractivity contribution in [1.82, 2.24) is 0 Å². The molecule has 0 aromatic heterocycles. The van der Waals surface area contributed by atoms with Crippen LogP contribution in [0.3, 0.4) is 0 Å². The molecule has 5 aliphatic rings. The molecule has 48 heavy (non-hydrogen) atoms. The van der Waals surface area contributed by atoms with Crippen LogP contribution in [0.2, 0.25) is 0 Å². The van der Waals surface area contributed by atoms with Crippen LogP contribution in [0, 0.1) is 0 Å². The predicted octanol–water partition coefficient (Wildman–Crippen LogP) is 1.25. The Balaban J connectivity index is 1.31. The third-order valence-electron chi connectivity index (χ3n) is 11.0. The summed E-state index contributed by atoms with van der Waals surface area (Å²) in [5.74, 6) is -3.58. The van der Waals surface area contributed by atoms with E-state index in [2.05, 4.69) is 6.92 Å². The number of likely N-dealkylation sites (N-methyl/N-ethyl adjacent to an activating group) is 1. The molecule has 1 unspecified atom stereocenters. The highest BCUT2D eigenvalue weighted by Gasteiger charge is 2.64. The number of hydrogen-bond donors (Lipinski definition) is 4. The number of aromatic hydroxyl groups is 2. The molecule has 0 amide bonds. The second-order valence-electron chi connectivity index (χ2n) is 13.2. The van der Waals surface area contributed by atoms with Crippen molar-refractivity contribution in [3.63, 3.8) is 0 Å². The first kappa shape index (κ1) is 33.0. The maximum Gasteiger partial charge on any atom is 0.246 e. The van der Waals surface area contributed by atoms with Crippen molar-refractivity contribution in [1.29, 1.82) is 0 Å². The molecule has 14 nitrogen and oxygen atoms in total. The molecule has 3 aliphatic heterocycles. The number of morpholine rings is 1. The Hall–Kier alpha value is -3.47. The number of quaternary nitrogens is 1. The Morgan fingerprint density at radius 3 is 2.52 bits per heavy atom. The van der Waals surface area contributed by atoms with Gasteiger partial charge in [-0.1, -0.05) is 12.1 Å². The van der Waals surface area contributed by atoms with Crippen molar-refractivity contribution in [3.8, 4) is 17.2 Å². The van der Waals surface area contributed by atoms with E-state index < -0.39 is 96.0 Å². The van der Waals surface area contributed by atoms with E-state index in [0.717, 1.165) is 0 Å². The minimum absolute atomic E-state index is 0.0326. The minimum atomic E-state index is -2.23. The first-order valence-electron chi connectivity index (χ1n) is 16.1. The van der Waals surface area contributed by atoms with Crippen molar-refractivity contribution in [2.75, 3.05) is 40.5 Å². The molecule has 9 atom stereocenters. The molecule has 7 rings (SSSR count). The van der Waals surface area contributed by atoms with E-state index in [-0.39, 0.29) is 40.1 Å². The molecule has 3 fully saturated rings. The van der Waals surface area contributed by atoms with Crippen molar-refractivity contribution in [2.24, 2.45) is 0 Å². The van der Waals surface area contributed by atoms with Gasteiger partial charge in [-0.3, -0.25) is 18.9 Å². The molecule has 14 heteroatoms. The van der Waals surface area contributed by atoms with Crippen molar-refractivity contribution >= 4 is 17.3 Å². The van der Waals surface area contributed by atoms with E-state index in [4.69, 9.17) is 28.4 Å². The second-order valence-corrected chi connectivity index (χ2v) is 13.2. The van der Waals surface area contributed by atoms with Gasteiger partial charge in [0.25, 0.3) is 0 Å². The lowest BCUT2D eigenvalue weighted by Gasteiger charge is -2.49. The number of phenolic OH excluding ortho intramolecular Hbond substituents is 2. The van der Waals surface area contributed by atoms with Crippen molar-refractivity contribution < 1.29 is 67.7 Å². The van der Waals surface area contributed by atoms with E-state index in [9.17, 15) is 34.8 Å². The Bertz CT molecular complexity index is 1690. The Kier molecular flexibility index (Phi) is 8.16. The zero-order valence-electron chi connectivity index (χ0n) is 27.1. The minimum Gasteiger partial charge on any atom is -0.507 e. The van der Waals surface area contributed by atoms with Crippen LogP contribution in [0.1, 0.15) is 75.8 Å². The average molecular weight is 671 g/mol. The van der Waals surface area contributed by atoms with Crippen molar-refractivity contribution in [2.45, 2.75) is 81.9 Å². The van der Waals surface area contributed by atoms with Crippen LogP contribution in [0.4, 0.5) is 0 Å². The number of carbonyl (C=O) groups excluding carboxylic acids is 3. The molecule has 2 aliphatic carbocycles. The van der Waals surface area contributed by atoms with Crippen LogP contribution in [0.5, 0.6) is 17.2 Å². The summed E-state index contributed by atoms with van der Waals surface area (Å²) in [4.78, 5) is 40.7. The van der Waals surface area contributed by atoms with Crippen LogP contribution in [-0.2, 0) is 34.9 Å². The summed E-state index contributed by atoms with van der Waals surface area (Å²) >= 11 is 0. The van der Waals surface area contributed by atoms with E-state index in [1.807, 2.05) is 6.92 Å². The summed E-state index contributed by atoms with van der Waals surface area (Å²) in [6.45, 7) is 4.77. The third-order valence-corrected chi connectivity index (χ3v) is 11.0. The summed E-state index contributed by atoms with van der Waals surface area (Å²) in [6.07, 6.45) is -4.63. The SMILES string of the molecule is CC[N+]12CCO[C@H](OC)[C@H]1O[C@@H]1[C@H](C)O[C@@H](O[C@H]3C[C@](O)(C(=O)CO)Cc4c(O)c5c(c(O)c43)C(=O)c3c(OC)cccc3C5=O)C[C@@H]12. The van der Waals surface area contributed by atoms with E-state index in [0.29, 0.717) is 30.6 Å². The largest absolute Gasteiger partial charge is 0.507 e. The molecular formula is C34H40NO13+. The topological polar surface area (TPSA) is 188 Å². The number of methoxy groups -OCH3 is 2. The highest BCUT2D eigenvalue weighted by molar-refractivity contribution is 6.31. The number of nitrogens with zero attached hydrogens (tertiary/aromatic N) is 1. The maximum absolute atomic E-state index is 14.0. The second kappa shape index (κ2) is 11.8. The Morgan fingerprint density at radius 1 is 1.08 bits per heavy atom. The van der Waals surface area contributed by atoms with Gasteiger partial charge in [0, 0.05) is 36.6 Å². The summed E-state index contributed by atoms with van der Waals surface area (Å²) < 4.78 is 36.7. The van der Waals surface area contributed by atoms with Crippen molar-refractivity contribution in [3.05, 3.63) is 51.6 Å². The fraction of sp³-hybridized carbons (Fsp3) is 0.559. The lowest BCUT2D eigenvalue weighted by atomic mass is 9.72. The molecule has 2 aromatic rings. The number of hydrogen-bond acceptors (Lipinski definition) is 13. The lowest BCUT2D eigenvalue weighted by Crippen LogP contribution is -2.67. The van der Waals surface area contributed by atoms with Gasteiger partial charge in [0.05, 0.1) is 55.6 Å². The standard InChI is InChI=1S/C34H39NO13/c1-5-35-9-10-45-33(44-4)32(35)48-31-15(2)46-22(11-18(31)35)47-20-13-34(42,21(37)14-36)12-17-24(20)30(41)26-25(28(17)39)27(38)16-7-6-8-19(43-3)23(16)29(26)40/h6-8,15,18,20,22,31-33,36,42H,5,9-14H2,1-4H3,(H-,38,39,40,41)/p+1/t15-,18-,20-,22-,31+,32+,33-,34-,35?/m0/s1. The van der Waals surface area contributed by atoms with Crippen LogP contribution < -0.4 is 4.74 Å². The van der Waals surface area contributed by atoms with Gasteiger partial charge >= 0.3 is 0 Å². The monoisotopic (exact) mass is 670 g/mol. The summed E-state index contributed by atoms with van der Waals surface area (Å²) in [6, 6.07) is 4.34. The zero-order chi connectivity index (χ0) is 34.3. The van der Waals surface area contributed by atoms with Gasteiger partial charge in [0.1, 0.15) is 48.1 Å². The van der Waals surface area contributed by atoms with Gasteiger partial charge in [-0.05, 0) is 19.9 Å². The van der Waals surface area contributed by atoms with Crippen LogP contribution in [0.25, 0.3) is 0 Å². The van der Waals surface area contributed by atoms with Gasteiger partial charge in [-0.25, -0.2) is 0 Å². The highest BCUT2D eigenvalue weighted by atomic mass is 16.7. The smallest absolute Gasteiger partial charge is 0.246 e. The van der Waals surface area contributed by atoms with Gasteiger partial charge in [0.2, 0.25) is 18.3 Å². The molecule has 0 radical (unpaired) electrons. The number of ether oxygens (including phenoxy) is 6. The molecule has 258 valence electrons. The van der Waals surface area contributed by atoms with E-state index in [1.165, 1.54) is 25.3 Å². The fourth-order valence-corrected chi connectivity index (χ4v) is 8.63. The van der Waals surface area contributed by atoms with E-state index in [1.54, 1.807) is 7.11 Å². The Morgan fingerprint density at radius 2 is 1.83 bits per heavy atom. The first-order valence-corrected chi connectivity index (χ1v) is 16.1. The molecule has 2 aromatic carbocycles. The molecule has 3 heterocycles. The number of carbonyl (C=O) groups is 3. The van der Waals surface area contributed by atoms with Gasteiger partial charge in [-0.15, -0.1) is 0 Å². The number of fused-ring (bicyclic) bond motifs is 6. The number of ketones is 3. The van der Waals surface area contributed by atoms with Crippen LogP contribution >= 0.6 is 0 Å². The lowest BCUT2D eigenvalue weighted by molar-refractivity contribution is -0.984. The summed E-state index contributed by atoms with van der Waals surface area (Å²) in [5.41, 5.74) is -3.40. The molecule has 3 saturated heterocycles. The number of rotatable bonds is 7. The third kappa shape index (κ3) is 4.58. The quantitative estimate of drug-likeness (QED) is 0.208. The van der Waals surface area contributed by atoms with E-state index >= 15 is 0 Å². The van der Waals surface area contributed by atoms with Gasteiger partial charge in [-0.2, -0.15) is 0 Å². The molecule has 0 spiro atoms. The number of aliphatic hydroxyl groups excluding tert-OH is 1. The molecule has 4 N–H and O–H groups in total. The first-order chi connectivity index (χ1) is 22.9. The highest BCUT2D eigenvalue weighted by Crippen LogP contribution is 2.53. The number of aliphatic hydroxyl groups is 2. The van der Waals surface area contributed by atoms with Crippen LogP contribution in [0.15, 0.2) is 18.2 Å². The Labute approximate surface area is 276 Å². The summed E-state index contributed by atoms with van der Waals surface area (Å²) in [5, 5.41) is 44.8. The average Bonchev–Trinajstić information content (AvgIpc) is 3.43. The fourth-order valence-electron chi connectivity index (χ4n) is 8.63. The maximum atomic E-state index is 14.0. The number of Topliss-reactive ketones (excluding diaryl/α,β-unsaturated/α-hetero) is 1. The van der Waals surface area contributed by atoms with Gasteiger partial charge in [0.15, 0.2) is 17.9 Å².